The number of rotatable bonds is 5. The molecule has 0 bridgehead atoms. The zero-order valence-electron chi connectivity index (χ0n) is 11.9. The molecule has 0 aromatic carbocycles. The van der Waals surface area contributed by atoms with Gasteiger partial charge in [-0.15, -0.1) is 0 Å². The lowest BCUT2D eigenvalue weighted by Crippen LogP contribution is -2.52. The molecule has 1 spiro atoms. The highest BCUT2D eigenvalue weighted by atomic mass is 16.5. The highest BCUT2D eigenvalue weighted by Crippen LogP contribution is 2.42. The summed E-state index contributed by atoms with van der Waals surface area (Å²) in [5.74, 6) is 0. The minimum atomic E-state index is 0.0951. The lowest BCUT2D eigenvalue weighted by atomic mass is 9.79. The Bertz CT molecular complexity index is 267. The van der Waals surface area contributed by atoms with Gasteiger partial charge in [0.05, 0.1) is 0 Å². The van der Waals surface area contributed by atoms with Gasteiger partial charge in [-0.25, -0.2) is 0 Å². The van der Waals surface area contributed by atoms with Crippen LogP contribution in [0.1, 0.15) is 32.6 Å². The molecule has 0 radical (unpaired) electrons. The van der Waals surface area contributed by atoms with E-state index in [0.717, 1.165) is 26.2 Å². The maximum atomic E-state index is 6.02. The second-order valence-electron chi connectivity index (χ2n) is 6.23. The van der Waals surface area contributed by atoms with E-state index in [2.05, 4.69) is 11.8 Å². The van der Waals surface area contributed by atoms with Crippen molar-refractivity contribution in [3.63, 3.8) is 0 Å². The second-order valence-corrected chi connectivity index (χ2v) is 6.23. The van der Waals surface area contributed by atoms with E-state index in [-0.39, 0.29) is 5.54 Å². The molecule has 0 aromatic rings. The van der Waals surface area contributed by atoms with Crippen LogP contribution in [0.15, 0.2) is 0 Å². The van der Waals surface area contributed by atoms with Gasteiger partial charge in [0.25, 0.3) is 0 Å². The number of nitrogens with zero attached hydrogens (tertiary/aromatic N) is 1. The highest BCUT2D eigenvalue weighted by molar-refractivity contribution is 4.98. The first-order chi connectivity index (χ1) is 8.64. The Hall–Kier alpha value is -0.160. The lowest BCUT2D eigenvalue weighted by molar-refractivity contribution is 0.00870. The van der Waals surface area contributed by atoms with Crippen LogP contribution in [0.5, 0.6) is 0 Å². The Labute approximate surface area is 111 Å². The smallest absolute Gasteiger partial charge is 0.0480 e. The van der Waals surface area contributed by atoms with Crippen molar-refractivity contribution in [1.82, 2.24) is 4.90 Å². The van der Waals surface area contributed by atoms with Crippen molar-refractivity contribution in [2.45, 2.75) is 38.1 Å². The SMILES string of the molecule is COCCC(C)(CN)N1CCC2(CCOCC2)C1. The van der Waals surface area contributed by atoms with Crippen LogP contribution in [0.2, 0.25) is 0 Å². The highest BCUT2D eigenvalue weighted by Gasteiger charge is 2.44. The van der Waals surface area contributed by atoms with Gasteiger partial charge in [-0.3, -0.25) is 4.90 Å². The predicted octanol–water partition coefficient (Wildman–Crippen LogP) is 1.24. The molecule has 18 heavy (non-hydrogen) atoms. The summed E-state index contributed by atoms with van der Waals surface area (Å²) in [7, 11) is 1.76. The van der Waals surface area contributed by atoms with Gasteiger partial charge in [-0.2, -0.15) is 0 Å². The fraction of sp³-hybridized carbons (Fsp3) is 1.00. The largest absolute Gasteiger partial charge is 0.385 e. The van der Waals surface area contributed by atoms with Crippen LogP contribution in [-0.2, 0) is 9.47 Å². The first-order valence-corrected chi connectivity index (χ1v) is 7.16. The average molecular weight is 256 g/mol. The van der Waals surface area contributed by atoms with Crippen molar-refractivity contribution in [1.29, 1.82) is 0 Å². The van der Waals surface area contributed by atoms with Crippen LogP contribution >= 0.6 is 0 Å². The van der Waals surface area contributed by atoms with Gasteiger partial charge in [-0.1, -0.05) is 0 Å². The standard InChI is InChI=1S/C14H28N2O2/c1-13(11-15,4-8-17-2)16-7-3-14(12-16)5-9-18-10-6-14/h3-12,15H2,1-2H3. The molecule has 4 nitrogen and oxygen atoms in total. The molecule has 2 aliphatic heterocycles. The molecule has 2 fully saturated rings. The molecule has 2 saturated heterocycles. The second kappa shape index (κ2) is 5.87. The summed E-state index contributed by atoms with van der Waals surface area (Å²) in [6, 6.07) is 0. The van der Waals surface area contributed by atoms with Gasteiger partial charge in [0.1, 0.15) is 0 Å². The van der Waals surface area contributed by atoms with Crippen LogP contribution in [-0.4, -0.2) is 57.0 Å². The number of nitrogens with two attached hydrogens (primary N) is 1. The molecular weight excluding hydrogens is 228 g/mol. The molecule has 4 heteroatoms. The quantitative estimate of drug-likeness (QED) is 0.804. The van der Waals surface area contributed by atoms with E-state index >= 15 is 0 Å². The van der Waals surface area contributed by atoms with E-state index in [1.54, 1.807) is 7.11 Å². The third kappa shape index (κ3) is 2.87. The third-order valence-corrected chi connectivity index (χ3v) is 5.04. The summed E-state index contributed by atoms with van der Waals surface area (Å²) in [6.07, 6.45) is 4.76. The van der Waals surface area contributed by atoms with Gasteiger partial charge in [0, 0.05) is 45.6 Å². The van der Waals surface area contributed by atoms with Crippen molar-refractivity contribution >= 4 is 0 Å². The van der Waals surface area contributed by atoms with Crippen LogP contribution in [0.4, 0.5) is 0 Å². The summed E-state index contributed by atoms with van der Waals surface area (Å²) in [5, 5.41) is 0. The fourth-order valence-corrected chi connectivity index (χ4v) is 3.32. The van der Waals surface area contributed by atoms with Crippen LogP contribution < -0.4 is 5.73 Å². The molecule has 0 aliphatic carbocycles. The summed E-state index contributed by atoms with van der Waals surface area (Å²) in [6.45, 7) is 8.02. The Morgan fingerprint density at radius 3 is 2.67 bits per heavy atom. The molecule has 0 amide bonds. The van der Waals surface area contributed by atoms with E-state index in [9.17, 15) is 0 Å². The number of likely N-dealkylation sites (tertiary alicyclic amines) is 1. The molecule has 0 saturated carbocycles. The molecule has 1 atom stereocenters. The maximum absolute atomic E-state index is 6.02. The third-order valence-electron chi connectivity index (χ3n) is 5.04. The summed E-state index contributed by atoms with van der Waals surface area (Å²) in [4.78, 5) is 2.59. The topological polar surface area (TPSA) is 47.7 Å². The number of ether oxygens (including phenoxy) is 2. The van der Waals surface area contributed by atoms with Gasteiger partial charge in [0.2, 0.25) is 0 Å². The molecule has 2 aliphatic rings. The summed E-state index contributed by atoms with van der Waals surface area (Å²) >= 11 is 0. The predicted molar refractivity (Wildman–Crippen MR) is 72.6 cm³/mol. The zero-order chi connectivity index (χ0) is 13.1. The Morgan fingerprint density at radius 1 is 1.33 bits per heavy atom. The first-order valence-electron chi connectivity index (χ1n) is 7.16. The molecule has 2 N–H and O–H groups in total. The van der Waals surface area contributed by atoms with E-state index in [0.29, 0.717) is 12.0 Å². The van der Waals surface area contributed by atoms with Crippen molar-refractivity contribution in [3.05, 3.63) is 0 Å². The summed E-state index contributed by atoms with van der Waals surface area (Å²) < 4.78 is 10.7. The molecule has 106 valence electrons. The van der Waals surface area contributed by atoms with Gasteiger partial charge in [0.15, 0.2) is 0 Å². The maximum Gasteiger partial charge on any atom is 0.0480 e. The van der Waals surface area contributed by atoms with Crippen molar-refractivity contribution in [3.8, 4) is 0 Å². The number of methoxy groups -OCH3 is 1. The van der Waals surface area contributed by atoms with E-state index in [4.69, 9.17) is 15.2 Å². The molecular formula is C14H28N2O2. The first kappa shape index (κ1) is 14.3. The van der Waals surface area contributed by atoms with Crippen molar-refractivity contribution in [2.24, 2.45) is 11.1 Å². The zero-order valence-corrected chi connectivity index (χ0v) is 11.9. The van der Waals surface area contributed by atoms with E-state index in [1.165, 1.54) is 32.4 Å². The van der Waals surface area contributed by atoms with Crippen LogP contribution in [0, 0.1) is 5.41 Å². The Kier molecular flexibility index (Phi) is 4.64. The van der Waals surface area contributed by atoms with Crippen LogP contribution in [0.3, 0.4) is 0 Å². The average Bonchev–Trinajstić information content (AvgIpc) is 2.81. The molecule has 2 rings (SSSR count). The monoisotopic (exact) mass is 256 g/mol. The van der Waals surface area contributed by atoms with Gasteiger partial charge >= 0.3 is 0 Å². The van der Waals surface area contributed by atoms with Gasteiger partial charge in [-0.05, 0) is 44.6 Å². The number of hydrogen-bond donors (Lipinski definition) is 1. The summed E-state index contributed by atoms with van der Waals surface area (Å²) in [5.41, 5.74) is 6.62. The van der Waals surface area contributed by atoms with Gasteiger partial charge < -0.3 is 15.2 Å². The Morgan fingerprint density at radius 2 is 2.06 bits per heavy atom. The van der Waals surface area contributed by atoms with Crippen LogP contribution in [0.25, 0.3) is 0 Å². The minimum absolute atomic E-state index is 0.0951. The molecule has 1 unspecified atom stereocenters. The van der Waals surface area contributed by atoms with E-state index in [1.807, 2.05) is 0 Å². The van der Waals surface area contributed by atoms with Crippen molar-refractivity contribution < 1.29 is 9.47 Å². The van der Waals surface area contributed by atoms with E-state index < -0.39 is 0 Å². The molecule has 2 heterocycles. The normalized spacial score (nSPS) is 27.5. The fourth-order valence-electron chi connectivity index (χ4n) is 3.32. The number of hydrogen-bond acceptors (Lipinski definition) is 4. The molecule has 0 aromatic heterocycles. The minimum Gasteiger partial charge on any atom is -0.385 e. The lowest BCUT2D eigenvalue weighted by Gasteiger charge is -2.40. The Balaban J connectivity index is 1.97. The van der Waals surface area contributed by atoms with Crippen molar-refractivity contribution in [2.75, 3.05) is 46.6 Å².